The standard InChI is InChI=1S/C16H22N2O5S/c1-12(19)17-11-13-7-9-18(10-8-13)24(21,22)15-6-4-3-5-14(15)16(20)23-2/h3-6,13H,7-11H2,1-2H3,(H,17,19). The minimum Gasteiger partial charge on any atom is -0.465 e. The van der Waals surface area contributed by atoms with Gasteiger partial charge in [0.25, 0.3) is 0 Å². The monoisotopic (exact) mass is 354 g/mol. The second kappa shape index (κ2) is 7.76. The molecule has 0 aromatic heterocycles. The van der Waals surface area contributed by atoms with E-state index in [0.717, 1.165) is 0 Å². The Hall–Kier alpha value is -1.93. The number of rotatable bonds is 5. The van der Waals surface area contributed by atoms with E-state index in [1.165, 1.54) is 30.5 Å². The van der Waals surface area contributed by atoms with Crippen molar-refractivity contribution in [2.24, 2.45) is 5.92 Å². The number of piperidine rings is 1. The van der Waals surface area contributed by atoms with E-state index in [1.54, 1.807) is 12.1 Å². The summed E-state index contributed by atoms with van der Waals surface area (Å²) in [6.45, 7) is 2.75. The molecule has 7 nitrogen and oxygen atoms in total. The van der Waals surface area contributed by atoms with Crippen molar-refractivity contribution >= 4 is 21.9 Å². The fourth-order valence-electron chi connectivity index (χ4n) is 2.75. The number of amides is 1. The highest BCUT2D eigenvalue weighted by molar-refractivity contribution is 7.89. The summed E-state index contributed by atoms with van der Waals surface area (Å²) in [4.78, 5) is 22.8. The number of ether oxygens (including phenoxy) is 1. The Bertz CT molecular complexity index is 709. The molecule has 0 saturated carbocycles. The van der Waals surface area contributed by atoms with E-state index in [1.807, 2.05) is 0 Å². The fraction of sp³-hybridized carbons (Fsp3) is 0.500. The van der Waals surface area contributed by atoms with Crippen molar-refractivity contribution in [3.63, 3.8) is 0 Å². The van der Waals surface area contributed by atoms with Gasteiger partial charge in [-0.2, -0.15) is 4.31 Å². The van der Waals surface area contributed by atoms with E-state index >= 15 is 0 Å². The number of nitrogens with one attached hydrogen (secondary N) is 1. The Morgan fingerprint density at radius 1 is 1.25 bits per heavy atom. The molecule has 1 aromatic carbocycles. The lowest BCUT2D eigenvalue weighted by Gasteiger charge is -2.31. The molecular weight excluding hydrogens is 332 g/mol. The van der Waals surface area contributed by atoms with E-state index in [-0.39, 0.29) is 22.3 Å². The first-order valence-electron chi connectivity index (χ1n) is 7.78. The molecule has 0 radical (unpaired) electrons. The summed E-state index contributed by atoms with van der Waals surface area (Å²) >= 11 is 0. The average Bonchev–Trinajstić information content (AvgIpc) is 2.59. The minimum atomic E-state index is -3.76. The summed E-state index contributed by atoms with van der Waals surface area (Å²) in [5.74, 6) is -0.497. The van der Waals surface area contributed by atoms with Crippen LogP contribution in [0.3, 0.4) is 0 Å². The van der Waals surface area contributed by atoms with Gasteiger partial charge in [0.05, 0.1) is 17.6 Å². The van der Waals surface area contributed by atoms with Crippen LogP contribution in [0.1, 0.15) is 30.1 Å². The third kappa shape index (κ3) is 4.12. The number of sulfonamides is 1. The van der Waals surface area contributed by atoms with Gasteiger partial charge < -0.3 is 10.1 Å². The lowest BCUT2D eigenvalue weighted by atomic mass is 9.98. The normalized spacial score (nSPS) is 16.6. The lowest BCUT2D eigenvalue weighted by Crippen LogP contribution is -2.41. The second-order valence-corrected chi connectivity index (χ2v) is 7.68. The van der Waals surface area contributed by atoms with Crippen LogP contribution in [0.2, 0.25) is 0 Å². The van der Waals surface area contributed by atoms with Crippen molar-refractivity contribution < 1.29 is 22.7 Å². The molecule has 2 rings (SSSR count). The molecule has 1 aliphatic heterocycles. The predicted octanol–water partition coefficient (Wildman–Crippen LogP) is 1.01. The molecule has 1 aromatic rings. The maximum absolute atomic E-state index is 12.8. The molecule has 0 atom stereocenters. The maximum atomic E-state index is 12.8. The molecule has 0 spiro atoms. The number of carbonyl (C=O) groups excluding carboxylic acids is 2. The molecule has 8 heteroatoms. The van der Waals surface area contributed by atoms with Gasteiger partial charge in [0.15, 0.2) is 0 Å². The quantitative estimate of drug-likeness (QED) is 0.797. The molecule has 1 amide bonds. The number of benzene rings is 1. The van der Waals surface area contributed by atoms with Gasteiger partial charge >= 0.3 is 5.97 Å². The molecule has 24 heavy (non-hydrogen) atoms. The van der Waals surface area contributed by atoms with Crippen LogP contribution in [0.15, 0.2) is 29.2 Å². The van der Waals surface area contributed by atoms with Gasteiger partial charge in [0.1, 0.15) is 0 Å². The summed E-state index contributed by atoms with van der Waals surface area (Å²) < 4.78 is 31.8. The molecular formula is C16H22N2O5S. The van der Waals surface area contributed by atoms with Crippen LogP contribution in [-0.2, 0) is 19.6 Å². The molecule has 132 valence electrons. The Morgan fingerprint density at radius 2 is 1.88 bits per heavy atom. The van der Waals surface area contributed by atoms with Crippen LogP contribution in [0.25, 0.3) is 0 Å². The number of esters is 1. The highest BCUT2D eigenvalue weighted by Gasteiger charge is 2.32. The third-order valence-corrected chi connectivity index (χ3v) is 6.08. The first-order valence-corrected chi connectivity index (χ1v) is 9.22. The van der Waals surface area contributed by atoms with Crippen molar-refractivity contribution in [2.45, 2.75) is 24.7 Å². The van der Waals surface area contributed by atoms with Gasteiger partial charge in [0, 0.05) is 26.6 Å². The van der Waals surface area contributed by atoms with Gasteiger partial charge in [-0.3, -0.25) is 4.79 Å². The summed E-state index contributed by atoms with van der Waals surface area (Å²) in [5, 5.41) is 2.76. The van der Waals surface area contributed by atoms with E-state index in [2.05, 4.69) is 10.1 Å². The summed E-state index contributed by atoms with van der Waals surface area (Å²) in [6, 6.07) is 6.06. The highest BCUT2D eigenvalue weighted by Crippen LogP contribution is 2.26. The lowest BCUT2D eigenvalue weighted by molar-refractivity contribution is -0.119. The van der Waals surface area contributed by atoms with Crippen LogP contribution in [0, 0.1) is 5.92 Å². The number of methoxy groups -OCH3 is 1. The molecule has 0 aliphatic carbocycles. The van der Waals surface area contributed by atoms with E-state index in [9.17, 15) is 18.0 Å². The molecule has 1 heterocycles. The van der Waals surface area contributed by atoms with Crippen LogP contribution < -0.4 is 5.32 Å². The largest absolute Gasteiger partial charge is 0.465 e. The molecule has 1 aliphatic rings. The van der Waals surface area contributed by atoms with Crippen LogP contribution in [0.5, 0.6) is 0 Å². The van der Waals surface area contributed by atoms with Crippen molar-refractivity contribution in [2.75, 3.05) is 26.7 Å². The molecule has 1 saturated heterocycles. The first kappa shape index (κ1) is 18.4. The van der Waals surface area contributed by atoms with Crippen molar-refractivity contribution in [1.82, 2.24) is 9.62 Å². The molecule has 1 N–H and O–H groups in total. The second-order valence-electron chi connectivity index (χ2n) is 5.77. The fourth-order valence-corrected chi connectivity index (χ4v) is 4.40. The van der Waals surface area contributed by atoms with Gasteiger partial charge in [0.2, 0.25) is 15.9 Å². The Labute approximate surface area is 142 Å². The number of hydrogen-bond donors (Lipinski definition) is 1. The zero-order valence-corrected chi connectivity index (χ0v) is 14.6. The van der Waals surface area contributed by atoms with E-state index in [4.69, 9.17) is 0 Å². The predicted molar refractivity (Wildman–Crippen MR) is 87.9 cm³/mol. The molecule has 0 bridgehead atoms. The summed E-state index contributed by atoms with van der Waals surface area (Å²) in [6.07, 6.45) is 1.33. The third-order valence-electron chi connectivity index (χ3n) is 4.12. The zero-order chi connectivity index (χ0) is 17.7. The van der Waals surface area contributed by atoms with Crippen LogP contribution in [0.4, 0.5) is 0 Å². The van der Waals surface area contributed by atoms with Crippen molar-refractivity contribution in [1.29, 1.82) is 0 Å². The minimum absolute atomic E-state index is 0.0304. The van der Waals surface area contributed by atoms with Gasteiger partial charge in [-0.15, -0.1) is 0 Å². The Morgan fingerprint density at radius 3 is 2.46 bits per heavy atom. The van der Waals surface area contributed by atoms with Gasteiger partial charge in [-0.1, -0.05) is 12.1 Å². The number of carbonyl (C=O) groups is 2. The summed E-state index contributed by atoms with van der Waals surface area (Å²) in [7, 11) is -2.54. The average molecular weight is 354 g/mol. The SMILES string of the molecule is COC(=O)c1ccccc1S(=O)(=O)N1CCC(CNC(C)=O)CC1. The van der Waals surface area contributed by atoms with Crippen LogP contribution in [-0.4, -0.2) is 51.3 Å². The molecule has 0 unspecified atom stereocenters. The Balaban J connectivity index is 2.13. The van der Waals surface area contributed by atoms with Crippen molar-refractivity contribution in [3.05, 3.63) is 29.8 Å². The van der Waals surface area contributed by atoms with Crippen molar-refractivity contribution in [3.8, 4) is 0 Å². The Kier molecular flexibility index (Phi) is 5.95. The molecule has 1 fully saturated rings. The topological polar surface area (TPSA) is 92.8 Å². The maximum Gasteiger partial charge on any atom is 0.339 e. The number of hydrogen-bond acceptors (Lipinski definition) is 5. The smallest absolute Gasteiger partial charge is 0.339 e. The summed E-state index contributed by atoms with van der Waals surface area (Å²) in [5.41, 5.74) is 0.0420. The highest BCUT2D eigenvalue weighted by atomic mass is 32.2. The van der Waals surface area contributed by atoms with E-state index < -0.39 is 16.0 Å². The zero-order valence-electron chi connectivity index (χ0n) is 13.8. The van der Waals surface area contributed by atoms with Gasteiger partial charge in [-0.05, 0) is 30.9 Å². The van der Waals surface area contributed by atoms with Crippen LogP contribution >= 0.6 is 0 Å². The first-order chi connectivity index (χ1) is 11.4. The number of nitrogens with zero attached hydrogens (tertiary/aromatic N) is 1. The van der Waals surface area contributed by atoms with E-state index in [0.29, 0.717) is 32.5 Å². The van der Waals surface area contributed by atoms with Gasteiger partial charge in [-0.25, -0.2) is 13.2 Å².